The highest BCUT2D eigenvalue weighted by Gasteiger charge is 2.05. The SMILES string of the molecule is COCC(C)CNC(=O)Nc1ccc(N)cc1. The molecular formula is C12H19N3O2. The third-order valence-corrected chi connectivity index (χ3v) is 2.23. The number of benzene rings is 1. The number of methoxy groups -OCH3 is 1. The summed E-state index contributed by atoms with van der Waals surface area (Å²) in [6, 6.07) is 6.77. The Balaban J connectivity index is 2.32. The molecule has 0 spiro atoms. The van der Waals surface area contributed by atoms with Gasteiger partial charge in [0.2, 0.25) is 0 Å². The molecule has 5 heteroatoms. The Labute approximate surface area is 101 Å². The molecule has 0 saturated heterocycles. The van der Waals surface area contributed by atoms with Crippen molar-refractivity contribution in [2.75, 3.05) is 31.3 Å². The maximum atomic E-state index is 11.5. The molecule has 0 aliphatic rings. The van der Waals surface area contributed by atoms with Crippen LogP contribution in [0.25, 0.3) is 0 Å². The number of hydrogen-bond donors (Lipinski definition) is 3. The fourth-order valence-electron chi connectivity index (χ4n) is 1.35. The van der Waals surface area contributed by atoms with Gasteiger partial charge >= 0.3 is 6.03 Å². The summed E-state index contributed by atoms with van der Waals surface area (Å²) in [6.07, 6.45) is 0. The van der Waals surface area contributed by atoms with E-state index in [9.17, 15) is 4.79 Å². The van der Waals surface area contributed by atoms with Gasteiger partial charge in [0.15, 0.2) is 0 Å². The summed E-state index contributed by atoms with van der Waals surface area (Å²) in [6.45, 7) is 3.21. The van der Waals surface area contributed by atoms with E-state index >= 15 is 0 Å². The predicted octanol–water partition coefficient (Wildman–Crippen LogP) is 1.67. The van der Waals surface area contributed by atoms with Crippen molar-refractivity contribution < 1.29 is 9.53 Å². The molecule has 0 aliphatic heterocycles. The summed E-state index contributed by atoms with van der Waals surface area (Å²) >= 11 is 0. The molecule has 0 fully saturated rings. The van der Waals surface area contributed by atoms with Crippen LogP contribution in [0.5, 0.6) is 0 Å². The number of carbonyl (C=O) groups excluding carboxylic acids is 1. The highest BCUT2D eigenvalue weighted by molar-refractivity contribution is 5.89. The topological polar surface area (TPSA) is 76.4 Å². The second-order valence-corrected chi connectivity index (χ2v) is 4.02. The van der Waals surface area contributed by atoms with Crippen LogP contribution in [0, 0.1) is 5.92 Å². The molecule has 0 bridgehead atoms. The zero-order valence-electron chi connectivity index (χ0n) is 10.2. The van der Waals surface area contributed by atoms with E-state index in [0.29, 0.717) is 18.8 Å². The monoisotopic (exact) mass is 237 g/mol. The number of hydrogen-bond acceptors (Lipinski definition) is 3. The maximum Gasteiger partial charge on any atom is 0.319 e. The molecule has 4 N–H and O–H groups in total. The van der Waals surface area contributed by atoms with Crippen molar-refractivity contribution in [3.05, 3.63) is 24.3 Å². The zero-order chi connectivity index (χ0) is 12.7. The second kappa shape index (κ2) is 6.75. The molecule has 0 saturated carbocycles. The van der Waals surface area contributed by atoms with Crippen LogP contribution in [-0.4, -0.2) is 26.3 Å². The van der Waals surface area contributed by atoms with Gasteiger partial charge in [-0.05, 0) is 30.2 Å². The largest absolute Gasteiger partial charge is 0.399 e. The number of nitrogens with two attached hydrogens (primary N) is 1. The van der Waals surface area contributed by atoms with Gasteiger partial charge in [-0.3, -0.25) is 0 Å². The highest BCUT2D eigenvalue weighted by Crippen LogP contribution is 2.09. The summed E-state index contributed by atoms with van der Waals surface area (Å²) < 4.78 is 4.98. The first-order valence-corrected chi connectivity index (χ1v) is 5.51. The molecule has 17 heavy (non-hydrogen) atoms. The van der Waals surface area contributed by atoms with E-state index in [1.807, 2.05) is 6.92 Å². The Morgan fingerprint density at radius 3 is 2.65 bits per heavy atom. The Morgan fingerprint density at radius 1 is 1.41 bits per heavy atom. The normalized spacial score (nSPS) is 11.9. The smallest absolute Gasteiger partial charge is 0.319 e. The quantitative estimate of drug-likeness (QED) is 0.682. The van der Waals surface area contributed by atoms with Crippen molar-refractivity contribution in [3.63, 3.8) is 0 Å². The number of carbonyl (C=O) groups is 1. The first-order valence-electron chi connectivity index (χ1n) is 5.51. The lowest BCUT2D eigenvalue weighted by atomic mass is 10.2. The first-order chi connectivity index (χ1) is 8.11. The van der Waals surface area contributed by atoms with E-state index < -0.39 is 0 Å². The van der Waals surface area contributed by atoms with Crippen molar-refractivity contribution >= 4 is 17.4 Å². The van der Waals surface area contributed by atoms with Gasteiger partial charge in [0, 0.05) is 25.0 Å². The van der Waals surface area contributed by atoms with E-state index in [0.717, 1.165) is 5.69 Å². The van der Waals surface area contributed by atoms with Gasteiger partial charge in [-0.15, -0.1) is 0 Å². The second-order valence-electron chi connectivity index (χ2n) is 4.02. The molecule has 1 unspecified atom stereocenters. The molecule has 0 aromatic heterocycles. The molecular weight excluding hydrogens is 218 g/mol. The minimum absolute atomic E-state index is 0.224. The lowest BCUT2D eigenvalue weighted by Gasteiger charge is -2.12. The molecule has 1 atom stereocenters. The number of anilines is 2. The van der Waals surface area contributed by atoms with Gasteiger partial charge in [-0.2, -0.15) is 0 Å². The van der Waals surface area contributed by atoms with Gasteiger partial charge in [-0.1, -0.05) is 6.92 Å². The summed E-state index contributed by atoms with van der Waals surface area (Å²) in [5.41, 5.74) is 6.94. The molecule has 1 aromatic carbocycles. The Hall–Kier alpha value is -1.75. The molecule has 5 nitrogen and oxygen atoms in total. The van der Waals surface area contributed by atoms with E-state index in [2.05, 4.69) is 10.6 Å². The third kappa shape index (κ3) is 5.21. The fraction of sp³-hybridized carbons (Fsp3) is 0.417. The summed E-state index contributed by atoms with van der Waals surface area (Å²) in [5, 5.41) is 5.49. The standard InChI is InChI=1S/C12H19N3O2/c1-9(8-17-2)7-14-12(16)15-11-5-3-10(13)4-6-11/h3-6,9H,7-8,13H2,1-2H3,(H2,14,15,16). The lowest BCUT2D eigenvalue weighted by Crippen LogP contribution is -2.33. The third-order valence-electron chi connectivity index (χ3n) is 2.23. The van der Waals surface area contributed by atoms with Gasteiger partial charge in [0.05, 0.1) is 6.61 Å². The zero-order valence-corrected chi connectivity index (χ0v) is 10.2. The van der Waals surface area contributed by atoms with Crippen LogP contribution >= 0.6 is 0 Å². The number of nitrogen functional groups attached to an aromatic ring is 1. The molecule has 1 rings (SSSR count). The van der Waals surface area contributed by atoms with Gasteiger partial charge in [-0.25, -0.2) is 4.79 Å². The Kier molecular flexibility index (Phi) is 5.29. The fourth-order valence-corrected chi connectivity index (χ4v) is 1.35. The molecule has 94 valence electrons. The lowest BCUT2D eigenvalue weighted by molar-refractivity contribution is 0.159. The van der Waals surface area contributed by atoms with Crippen LogP contribution in [0.1, 0.15) is 6.92 Å². The van der Waals surface area contributed by atoms with Gasteiger partial charge in [0.25, 0.3) is 0 Å². The number of nitrogens with one attached hydrogen (secondary N) is 2. The van der Waals surface area contributed by atoms with Crippen molar-refractivity contribution in [2.45, 2.75) is 6.92 Å². The molecule has 1 aromatic rings. The van der Waals surface area contributed by atoms with Crippen LogP contribution in [0.15, 0.2) is 24.3 Å². The van der Waals surface area contributed by atoms with Crippen LogP contribution < -0.4 is 16.4 Å². The van der Waals surface area contributed by atoms with Crippen LogP contribution in [0.4, 0.5) is 16.2 Å². The average Bonchev–Trinajstić information content (AvgIpc) is 2.30. The minimum atomic E-state index is -0.224. The van der Waals surface area contributed by atoms with Crippen LogP contribution in [-0.2, 0) is 4.74 Å². The molecule has 0 aliphatic carbocycles. The summed E-state index contributed by atoms with van der Waals surface area (Å²) in [7, 11) is 1.64. The molecule has 0 heterocycles. The number of rotatable bonds is 5. The van der Waals surface area contributed by atoms with Crippen molar-refractivity contribution in [2.24, 2.45) is 5.92 Å². The Morgan fingerprint density at radius 2 is 2.06 bits per heavy atom. The molecule has 0 radical (unpaired) electrons. The van der Waals surface area contributed by atoms with Gasteiger partial charge < -0.3 is 21.1 Å². The van der Waals surface area contributed by atoms with Crippen LogP contribution in [0.3, 0.4) is 0 Å². The number of ether oxygens (including phenoxy) is 1. The van der Waals surface area contributed by atoms with Crippen molar-refractivity contribution in [1.82, 2.24) is 5.32 Å². The van der Waals surface area contributed by atoms with E-state index in [-0.39, 0.29) is 11.9 Å². The summed E-state index contributed by atoms with van der Waals surface area (Å²) in [4.78, 5) is 11.5. The van der Waals surface area contributed by atoms with Crippen LogP contribution in [0.2, 0.25) is 0 Å². The van der Waals surface area contributed by atoms with E-state index in [4.69, 9.17) is 10.5 Å². The highest BCUT2D eigenvalue weighted by atomic mass is 16.5. The van der Waals surface area contributed by atoms with Crippen molar-refractivity contribution in [1.29, 1.82) is 0 Å². The Bertz CT molecular complexity index is 351. The predicted molar refractivity (Wildman–Crippen MR) is 68.9 cm³/mol. The van der Waals surface area contributed by atoms with E-state index in [1.165, 1.54) is 0 Å². The average molecular weight is 237 g/mol. The molecule has 2 amide bonds. The summed E-state index contributed by atoms with van der Waals surface area (Å²) in [5.74, 6) is 0.289. The maximum absolute atomic E-state index is 11.5. The van der Waals surface area contributed by atoms with Crippen molar-refractivity contribution in [3.8, 4) is 0 Å². The van der Waals surface area contributed by atoms with Gasteiger partial charge in [0.1, 0.15) is 0 Å². The number of amides is 2. The number of urea groups is 1. The minimum Gasteiger partial charge on any atom is -0.399 e. The first kappa shape index (κ1) is 13.3. The van der Waals surface area contributed by atoms with E-state index in [1.54, 1.807) is 31.4 Å².